The average molecular weight is 281 g/mol. The van der Waals surface area contributed by atoms with Gasteiger partial charge in [-0.2, -0.15) is 0 Å². The number of carbonyl (C=O) groups excluding carboxylic acids is 1. The Morgan fingerprint density at radius 1 is 1.45 bits per heavy atom. The number of ether oxygens (including phenoxy) is 1. The minimum Gasteiger partial charge on any atom is -0.495 e. The molecular weight excluding hydrogens is 262 g/mol. The maximum absolute atomic E-state index is 11.6. The van der Waals surface area contributed by atoms with Crippen molar-refractivity contribution in [1.82, 2.24) is 5.32 Å². The predicted octanol–water partition coefficient (Wildman–Crippen LogP) is 1.93. The molecule has 1 amide bonds. The molecule has 0 bridgehead atoms. The molecule has 0 aliphatic heterocycles. The van der Waals surface area contributed by atoms with Crippen molar-refractivity contribution in [1.29, 1.82) is 0 Å². The van der Waals surface area contributed by atoms with Gasteiger partial charge in [0.1, 0.15) is 5.75 Å². The van der Waals surface area contributed by atoms with Gasteiger partial charge in [0, 0.05) is 18.7 Å². The molecule has 0 spiro atoms. The number of benzene rings is 1. The molecule has 0 unspecified atom stereocenters. The highest BCUT2D eigenvalue weighted by atomic mass is 16.6. The standard InChI is InChI=1S/C13H19N3O4/c1-3-4-7-14-13(17)9-15-11-8-10(16(18)19)5-6-12(11)20-2/h5-6,8,15H,3-4,7,9H2,1-2H3,(H,14,17). The van der Waals surface area contributed by atoms with Gasteiger partial charge in [0.05, 0.1) is 24.3 Å². The number of methoxy groups -OCH3 is 1. The van der Waals surface area contributed by atoms with Gasteiger partial charge in [0.25, 0.3) is 5.69 Å². The van der Waals surface area contributed by atoms with Crippen LogP contribution in [0.4, 0.5) is 11.4 Å². The van der Waals surface area contributed by atoms with Crippen LogP contribution in [0.25, 0.3) is 0 Å². The fourth-order valence-electron chi connectivity index (χ4n) is 1.59. The van der Waals surface area contributed by atoms with Crippen LogP contribution in [0.2, 0.25) is 0 Å². The van der Waals surface area contributed by atoms with Crippen molar-refractivity contribution >= 4 is 17.3 Å². The zero-order valence-electron chi connectivity index (χ0n) is 11.6. The normalized spacial score (nSPS) is 9.90. The van der Waals surface area contributed by atoms with E-state index in [1.54, 1.807) is 0 Å². The number of unbranched alkanes of at least 4 members (excludes halogenated alkanes) is 1. The molecule has 0 fully saturated rings. The summed E-state index contributed by atoms with van der Waals surface area (Å²) >= 11 is 0. The van der Waals surface area contributed by atoms with Crippen LogP contribution < -0.4 is 15.4 Å². The molecule has 0 saturated carbocycles. The molecule has 0 aliphatic rings. The van der Waals surface area contributed by atoms with Gasteiger partial charge in [0.15, 0.2) is 0 Å². The van der Waals surface area contributed by atoms with E-state index in [2.05, 4.69) is 10.6 Å². The van der Waals surface area contributed by atoms with E-state index in [-0.39, 0.29) is 18.1 Å². The van der Waals surface area contributed by atoms with Crippen molar-refractivity contribution in [2.45, 2.75) is 19.8 Å². The quantitative estimate of drug-likeness (QED) is 0.431. The Morgan fingerprint density at radius 2 is 2.20 bits per heavy atom. The van der Waals surface area contributed by atoms with Crippen LogP contribution >= 0.6 is 0 Å². The largest absolute Gasteiger partial charge is 0.495 e. The molecule has 0 radical (unpaired) electrons. The second-order valence-corrected chi connectivity index (χ2v) is 4.20. The first-order valence-corrected chi connectivity index (χ1v) is 6.41. The molecule has 1 rings (SSSR count). The highest BCUT2D eigenvalue weighted by Crippen LogP contribution is 2.28. The SMILES string of the molecule is CCCCNC(=O)CNc1cc([N+](=O)[O-])ccc1OC. The van der Waals surface area contributed by atoms with E-state index in [1.807, 2.05) is 6.92 Å². The predicted molar refractivity (Wildman–Crippen MR) is 76.1 cm³/mol. The first-order valence-electron chi connectivity index (χ1n) is 6.41. The molecule has 0 heterocycles. The van der Waals surface area contributed by atoms with E-state index < -0.39 is 4.92 Å². The third kappa shape index (κ3) is 4.75. The highest BCUT2D eigenvalue weighted by Gasteiger charge is 2.12. The van der Waals surface area contributed by atoms with E-state index in [1.165, 1.54) is 25.3 Å². The van der Waals surface area contributed by atoms with E-state index in [0.717, 1.165) is 12.8 Å². The number of rotatable bonds is 8. The first kappa shape index (κ1) is 15.7. The minimum atomic E-state index is -0.494. The topological polar surface area (TPSA) is 93.5 Å². The van der Waals surface area contributed by atoms with Crippen molar-refractivity contribution in [2.75, 3.05) is 25.5 Å². The molecule has 0 aliphatic carbocycles. The summed E-state index contributed by atoms with van der Waals surface area (Å²) < 4.78 is 5.09. The fraction of sp³-hybridized carbons (Fsp3) is 0.462. The molecule has 0 atom stereocenters. The van der Waals surface area contributed by atoms with Gasteiger partial charge >= 0.3 is 0 Å². The first-order chi connectivity index (χ1) is 9.58. The summed E-state index contributed by atoms with van der Waals surface area (Å²) in [5.74, 6) is 0.295. The Labute approximate surface area is 117 Å². The number of nitrogens with zero attached hydrogens (tertiary/aromatic N) is 1. The number of carbonyl (C=O) groups is 1. The maximum Gasteiger partial charge on any atom is 0.271 e. The third-order valence-corrected chi connectivity index (χ3v) is 2.69. The fourth-order valence-corrected chi connectivity index (χ4v) is 1.59. The van der Waals surface area contributed by atoms with Gasteiger partial charge < -0.3 is 15.4 Å². The molecule has 1 aromatic rings. The Balaban J connectivity index is 2.63. The molecule has 110 valence electrons. The number of nitro benzene ring substituents is 1. The van der Waals surface area contributed by atoms with Crippen LogP contribution in [0.5, 0.6) is 5.75 Å². The van der Waals surface area contributed by atoms with Crippen LogP contribution in [0, 0.1) is 10.1 Å². The van der Waals surface area contributed by atoms with Gasteiger partial charge in [0.2, 0.25) is 5.91 Å². The number of hydrogen-bond donors (Lipinski definition) is 2. The monoisotopic (exact) mass is 281 g/mol. The number of amides is 1. The van der Waals surface area contributed by atoms with E-state index in [4.69, 9.17) is 4.74 Å². The highest BCUT2D eigenvalue weighted by molar-refractivity contribution is 5.81. The zero-order valence-corrected chi connectivity index (χ0v) is 11.6. The lowest BCUT2D eigenvalue weighted by Crippen LogP contribution is -2.30. The zero-order chi connectivity index (χ0) is 15.0. The third-order valence-electron chi connectivity index (χ3n) is 2.69. The Hall–Kier alpha value is -2.31. The van der Waals surface area contributed by atoms with Crippen molar-refractivity contribution in [3.05, 3.63) is 28.3 Å². The molecular formula is C13H19N3O4. The lowest BCUT2D eigenvalue weighted by molar-refractivity contribution is -0.384. The van der Waals surface area contributed by atoms with Gasteiger partial charge in [-0.3, -0.25) is 14.9 Å². The molecule has 0 aromatic heterocycles. The molecule has 0 saturated heterocycles. The van der Waals surface area contributed by atoms with E-state index in [0.29, 0.717) is 18.0 Å². The van der Waals surface area contributed by atoms with Crippen molar-refractivity contribution in [3.63, 3.8) is 0 Å². The molecule has 2 N–H and O–H groups in total. The second kappa shape index (κ2) is 7.98. The van der Waals surface area contributed by atoms with Crippen LogP contribution in [-0.2, 0) is 4.79 Å². The summed E-state index contributed by atoms with van der Waals surface area (Å²) in [5.41, 5.74) is 0.368. The summed E-state index contributed by atoms with van der Waals surface area (Å²) in [5, 5.41) is 16.3. The minimum absolute atomic E-state index is 0.0429. The molecule has 7 nitrogen and oxygen atoms in total. The summed E-state index contributed by atoms with van der Waals surface area (Å²) in [6, 6.07) is 4.19. The lowest BCUT2D eigenvalue weighted by atomic mass is 10.2. The van der Waals surface area contributed by atoms with Crippen molar-refractivity contribution in [3.8, 4) is 5.75 Å². The van der Waals surface area contributed by atoms with Crippen LogP contribution in [0.3, 0.4) is 0 Å². The smallest absolute Gasteiger partial charge is 0.271 e. The molecule has 1 aromatic carbocycles. The van der Waals surface area contributed by atoms with E-state index >= 15 is 0 Å². The number of hydrogen-bond acceptors (Lipinski definition) is 5. The van der Waals surface area contributed by atoms with Crippen LogP contribution in [0.15, 0.2) is 18.2 Å². The number of non-ortho nitro benzene ring substituents is 1. The Morgan fingerprint density at radius 3 is 2.80 bits per heavy atom. The van der Waals surface area contributed by atoms with Gasteiger partial charge in [-0.05, 0) is 12.5 Å². The molecule has 7 heteroatoms. The summed E-state index contributed by atoms with van der Waals surface area (Å²) in [6.07, 6.45) is 1.93. The number of nitro groups is 1. The van der Waals surface area contributed by atoms with E-state index in [9.17, 15) is 14.9 Å². The number of nitrogens with one attached hydrogen (secondary N) is 2. The van der Waals surface area contributed by atoms with Crippen molar-refractivity contribution < 1.29 is 14.5 Å². The Bertz CT molecular complexity index is 477. The second-order valence-electron chi connectivity index (χ2n) is 4.20. The number of anilines is 1. The van der Waals surface area contributed by atoms with Crippen LogP contribution in [-0.4, -0.2) is 31.0 Å². The summed E-state index contributed by atoms with van der Waals surface area (Å²) in [7, 11) is 1.47. The Kier molecular flexibility index (Phi) is 6.28. The summed E-state index contributed by atoms with van der Waals surface area (Å²) in [4.78, 5) is 21.8. The molecule has 20 heavy (non-hydrogen) atoms. The average Bonchev–Trinajstić information content (AvgIpc) is 2.45. The summed E-state index contributed by atoms with van der Waals surface area (Å²) in [6.45, 7) is 2.71. The van der Waals surface area contributed by atoms with Crippen LogP contribution in [0.1, 0.15) is 19.8 Å². The van der Waals surface area contributed by atoms with Gasteiger partial charge in [-0.15, -0.1) is 0 Å². The van der Waals surface area contributed by atoms with Gasteiger partial charge in [-0.25, -0.2) is 0 Å². The van der Waals surface area contributed by atoms with Gasteiger partial charge in [-0.1, -0.05) is 13.3 Å². The maximum atomic E-state index is 11.6. The van der Waals surface area contributed by atoms with Crippen molar-refractivity contribution in [2.24, 2.45) is 0 Å². The lowest BCUT2D eigenvalue weighted by Gasteiger charge is -2.11.